The standard InChI is InChI=1S/C46H55O10P3/c1-11-45(12-2,50-42-32(5)18-15-19-33(42)6)57(47)52-38-24-28-40(29-25-38)54-59(49,56-44-36(9)22-17-23-37(44)10)55-41-30-26-39(27-31-41)53-58(48)46(13-3,14-4)51-43-34(7)20-16-21-35(43)8/h15-31H,11-14H2,1-10H3/q+2. The van der Waals surface area contributed by atoms with Crippen LogP contribution in [0.2, 0.25) is 0 Å². The molecule has 0 N–H and O–H groups in total. The number of hydrogen-bond donors (Lipinski definition) is 0. The van der Waals surface area contributed by atoms with Gasteiger partial charge in [-0.1, -0.05) is 82.3 Å². The zero-order chi connectivity index (χ0) is 43.0. The van der Waals surface area contributed by atoms with Gasteiger partial charge in [-0.3, -0.25) is 9.05 Å². The van der Waals surface area contributed by atoms with Gasteiger partial charge < -0.3 is 23.0 Å². The lowest BCUT2D eigenvalue weighted by Gasteiger charge is -2.23. The number of para-hydroxylation sites is 3. The van der Waals surface area contributed by atoms with Crippen molar-refractivity contribution in [2.75, 3.05) is 0 Å². The molecule has 2 atom stereocenters. The van der Waals surface area contributed by atoms with Crippen molar-refractivity contribution in [2.45, 2.75) is 106 Å². The van der Waals surface area contributed by atoms with E-state index in [-0.39, 0.29) is 11.5 Å². The minimum Gasteiger partial charge on any atom is -0.441 e. The lowest BCUT2D eigenvalue weighted by Crippen LogP contribution is -2.32. The van der Waals surface area contributed by atoms with Gasteiger partial charge >= 0.3 is 34.6 Å². The predicted molar refractivity (Wildman–Crippen MR) is 234 cm³/mol. The van der Waals surface area contributed by atoms with E-state index in [0.717, 1.165) is 33.4 Å². The van der Waals surface area contributed by atoms with E-state index < -0.39 is 34.6 Å². The molecule has 0 saturated carbocycles. The van der Waals surface area contributed by atoms with Gasteiger partial charge in [-0.2, -0.15) is 4.57 Å². The van der Waals surface area contributed by atoms with Gasteiger partial charge in [0.1, 0.15) is 28.7 Å². The van der Waals surface area contributed by atoms with Gasteiger partial charge in [-0.25, -0.2) is 0 Å². The Labute approximate surface area is 350 Å². The van der Waals surface area contributed by atoms with E-state index in [1.807, 2.05) is 124 Å². The molecule has 0 heterocycles. The third-order valence-corrected chi connectivity index (χ3v) is 15.2. The summed E-state index contributed by atoms with van der Waals surface area (Å²) in [5.74, 6) is 2.67. The molecule has 0 aromatic heterocycles. The molecule has 10 nitrogen and oxygen atoms in total. The van der Waals surface area contributed by atoms with Gasteiger partial charge in [0.15, 0.2) is 11.5 Å². The number of phosphoric acid groups is 1. The number of benzene rings is 5. The molecule has 0 radical (unpaired) electrons. The van der Waals surface area contributed by atoms with Gasteiger partial charge in [0, 0.05) is 25.7 Å². The number of hydrogen-bond acceptors (Lipinski definition) is 10. The molecular weight excluding hydrogens is 805 g/mol. The van der Waals surface area contributed by atoms with Crippen molar-refractivity contribution in [3.8, 4) is 40.2 Å². The van der Waals surface area contributed by atoms with Crippen LogP contribution in [0.5, 0.6) is 40.2 Å². The van der Waals surface area contributed by atoms with Crippen LogP contribution in [-0.4, -0.2) is 10.7 Å². The Kier molecular flexibility index (Phi) is 14.9. The Morgan fingerprint density at radius 3 is 0.983 bits per heavy atom. The third-order valence-electron chi connectivity index (χ3n) is 10.3. The number of aryl methyl sites for hydroxylation is 6. The normalized spacial score (nSPS) is 13.1. The Hall–Kier alpha value is -4.87. The Morgan fingerprint density at radius 2 is 0.695 bits per heavy atom. The minimum absolute atomic E-state index is 0.155. The third kappa shape index (κ3) is 10.7. The van der Waals surface area contributed by atoms with Gasteiger partial charge in [0.05, 0.1) is 0 Å². The summed E-state index contributed by atoms with van der Waals surface area (Å²) < 4.78 is 85.2. The first-order chi connectivity index (χ1) is 28.1. The largest absolute Gasteiger partial charge is 0.647 e. The first-order valence-corrected chi connectivity index (χ1v) is 23.7. The van der Waals surface area contributed by atoms with Crippen molar-refractivity contribution in [3.63, 3.8) is 0 Å². The minimum atomic E-state index is -4.43. The van der Waals surface area contributed by atoms with Crippen LogP contribution in [0.3, 0.4) is 0 Å². The lowest BCUT2D eigenvalue weighted by atomic mass is 10.1. The topological polar surface area (TPSA) is 116 Å². The van der Waals surface area contributed by atoms with Crippen molar-refractivity contribution < 1.29 is 45.8 Å². The monoisotopic (exact) mass is 860 g/mol. The van der Waals surface area contributed by atoms with E-state index in [4.69, 9.17) is 32.1 Å². The molecular formula is C46H55O10P3+2. The average molecular weight is 861 g/mol. The molecule has 0 amide bonds. The van der Waals surface area contributed by atoms with Crippen LogP contribution in [0, 0.1) is 41.5 Å². The van der Waals surface area contributed by atoms with Crippen LogP contribution in [0.25, 0.3) is 0 Å². The van der Waals surface area contributed by atoms with Crippen molar-refractivity contribution in [1.29, 1.82) is 0 Å². The summed E-state index contributed by atoms with van der Waals surface area (Å²) in [4.78, 5) is 0. The first-order valence-electron chi connectivity index (χ1n) is 19.9. The summed E-state index contributed by atoms with van der Waals surface area (Å²) in [6, 6.07) is 29.7. The van der Waals surface area contributed by atoms with Crippen LogP contribution in [0.1, 0.15) is 86.8 Å². The summed E-state index contributed by atoms with van der Waals surface area (Å²) >= 11 is 0. The molecule has 0 aliphatic rings. The molecule has 0 aliphatic heterocycles. The highest BCUT2D eigenvalue weighted by Gasteiger charge is 2.54. The van der Waals surface area contributed by atoms with Crippen molar-refractivity contribution >= 4 is 23.9 Å². The highest BCUT2D eigenvalue weighted by Crippen LogP contribution is 2.53. The molecule has 312 valence electrons. The van der Waals surface area contributed by atoms with E-state index >= 15 is 0 Å². The second kappa shape index (κ2) is 19.5. The van der Waals surface area contributed by atoms with E-state index in [0.29, 0.717) is 54.4 Å². The highest BCUT2D eigenvalue weighted by molar-refractivity contribution is 7.49. The second-order valence-corrected chi connectivity index (χ2v) is 19.0. The molecule has 59 heavy (non-hydrogen) atoms. The van der Waals surface area contributed by atoms with Crippen LogP contribution in [0.4, 0.5) is 0 Å². The summed E-state index contributed by atoms with van der Waals surface area (Å²) in [6.07, 6.45) is 1.82. The molecule has 5 aromatic rings. The lowest BCUT2D eigenvalue weighted by molar-refractivity contribution is 0.133. The number of ether oxygens (including phenoxy) is 2. The number of phosphoric ester groups is 1. The summed E-state index contributed by atoms with van der Waals surface area (Å²) in [5.41, 5.74) is 5.25. The zero-order valence-corrected chi connectivity index (χ0v) is 38.3. The van der Waals surface area contributed by atoms with E-state index in [2.05, 4.69) is 0 Å². The van der Waals surface area contributed by atoms with Crippen molar-refractivity contribution in [1.82, 2.24) is 0 Å². The van der Waals surface area contributed by atoms with E-state index in [1.165, 1.54) is 24.3 Å². The maximum atomic E-state index is 14.6. The molecule has 13 heteroatoms. The highest BCUT2D eigenvalue weighted by atomic mass is 31.2. The van der Waals surface area contributed by atoms with Crippen molar-refractivity contribution in [3.05, 3.63) is 137 Å². The molecule has 0 spiro atoms. The van der Waals surface area contributed by atoms with Gasteiger partial charge in [-0.05, 0) is 133 Å². The van der Waals surface area contributed by atoms with Crippen LogP contribution < -0.4 is 32.1 Å². The Bertz CT molecular complexity index is 2110. The zero-order valence-electron chi connectivity index (χ0n) is 35.6. The van der Waals surface area contributed by atoms with Gasteiger partial charge in [-0.15, -0.1) is 0 Å². The summed E-state index contributed by atoms with van der Waals surface area (Å²) in [7, 11) is -9.13. The molecule has 5 aromatic carbocycles. The maximum Gasteiger partial charge on any atom is 0.647 e. The molecule has 0 aliphatic carbocycles. The summed E-state index contributed by atoms with van der Waals surface area (Å²) in [6.45, 7) is 19.2. The van der Waals surface area contributed by atoms with Crippen LogP contribution in [0.15, 0.2) is 103 Å². The SMILES string of the molecule is CCC(CC)(Oc1c(C)cccc1C)[P+](=O)Oc1ccc(OP(=O)(Oc2ccc(O[P+](=O)C(CC)(CC)Oc3c(C)cccc3C)cc2)Oc2c(C)cccc2C)cc1. The smallest absolute Gasteiger partial charge is 0.441 e. The fourth-order valence-electron chi connectivity index (χ4n) is 6.53. The molecule has 5 rings (SSSR count). The van der Waals surface area contributed by atoms with Gasteiger partial charge in [0.25, 0.3) is 0 Å². The number of rotatable bonds is 20. The van der Waals surface area contributed by atoms with Crippen LogP contribution >= 0.6 is 23.9 Å². The molecule has 2 unspecified atom stereocenters. The Morgan fingerprint density at radius 1 is 0.424 bits per heavy atom. The second-order valence-electron chi connectivity index (χ2n) is 14.5. The van der Waals surface area contributed by atoms with Crippen LogP contribution in [-0.2, 0) is 13.7 Å². The van der Waals surface area contributed by atoms with Crippen molar-refractivity contribution in [2.24, 2.45) is 0 Å². The molecule has 0 bridgehead atoms. The first kappa shape index (κ1) is 45.2. The maximum absolute atomic E-state index is 14.6. The molecule has 0 saturated heterocycles. The predicted octanol–water partition coefficient (Wildman–Crippen LogP) is 14.6. The van der Waals surface area contributed by atoms with Gasteiger partial charge in [0.2, 0.25) is 0 Å². The van der Waals surface area contributed by atoms with E-state index in [9.17, 15) is 13.7 Å². The Balaban J connectivity index is 1.34. The fourth-order valence-corrected chi connectivity index (χ4v) is 10.2. The quantitative estimate of drug-likeness (QED) is 0.0700. The fraction of sp³-hybridized carbons (Fsp3) is 0.348. The van der Waals surface area contributed by atoms with E-state index in [1.54, 1.807) is 24.3 Å². The average Bonchev–Trinajstić information content (AvgIpc) is 3.21. The summed E-state index contributed by atoms with van der Waals surface area (Å²) in [5, 5.41) is -2.13. The molecule has 0 fully saturated rings.